The highest BCUT2D eigenvalue weighted by Gasteiger charge is 2.40. The van der Waals surface area contributed by atoms with E-state index in [0.29, 0.717) is 6.54 Å². The van der Waals surface area contributed by atoms with Gasteiger partial charge in [-0.2, -0.15) is 5.26 Å². The van der Waals surface area contributed by atoms with E-state index in [1.165, 1.54) is 11.8 Å². The minimum absolute atomic E-state index is 0.0177. The van der Waals surface area contributed by atoms with Crippen LogP contribution < -0.4 is 0 Å². The van der Waals surface area contributed by atoms with Gasteiger partial charge in [-0.1, -0.05) is 49.2 Å². The number of carbonyl (C=O) groups is 1. The molecule has 8 heteroatoms. The summed E-state index contributed by atoms with van der Waals surface area (Å²) < 4.78 is 5.45. The molecule has 7 nitrogen and oxygen atoms in total. The van der Waals surface area contributed by atoms with Gasteiger partial charge in [-0.05, 0) is 25.8 Å². The Bertz CT molecular complexity index is 996. The van der Waals surface area contributed by atoms with Crippen molar-refractivity contribution in [2.24, 2.45) is 0 Å². The zero-order valence-electron chi connectivity index (χ0n) is 18.9. The SMILES string of the molecule is CC(Sc1nc(CN2CCOCC2)nc2ccccc12)C(=O)N(C)C1(C#N)CCCCC1. The fourth-order valence-electron chi connectivity index (χ4n) is 4.57. The molecule has 170 valence electrons. The number of hydrogen-bond donors (Lipinski definition) is 0. The minimum atomic E-state index is -0.681. The van der Waals surface area contributed by atoms with Gasteiger partial charge in [0.05, 0.1) is 36.6 Å². The van der Waals surface area contributed by atoms with E-state index in [1.807, 2.05) is 31.2 Å². The molecule has 0 radical (unpaired) electrons. The van der Waals surface area contributed by atoms with Crippen molar-refractivity contribution in [3.63, 3.8) is 0 Å². The Balaban J connectivity index is 1.55. The van der Waals surface area contributed by atoms with Gasteiger partial charge < -0.3 is 9.64 Å². The zero-order valence-corrected chi connectivity index (χ0v) is 19.7. The van der Waals surface area contributed by atoms with Gasteiger partial charge in [0.25, 0.3) is 0 Å². The van der Waals surface area contributed by atoms with Crippen molar-refractivity contribution in [3.8, 4) is 6.07 Å². The van der Waals surface area contributed by atoms with E-state index in [1.54, 1.807) is 11.9 Å². The Labute approximate surface area is 194 Å². The van der Waals surface area contributed by atoms with E-state index in [-0.39, 0.29) is 11.2 Å². The maximum atomic E-state index is 13.3. The number of carbonyl (C=O) groups excluding carboxylic acids is 1. The Morgan fingerprint density at radius 1 is 1.25 bits per heavy atom. The van der Waals surface area contributed by atoms with E-state index >= 15 is 0 Å². The topological polar surface area (TPSA) is 82.3 Å². The summed E-state index contributed by atoms with van der Waals surface area (Å²) in [7, 11) is 1.79. The smallest absolute Gasteiger partial charge is 0.236 e. The number of benzene rings is 1. The molecule has 1 amide bonds. The first-order chi connectivity index (χ1) is 15.5. The number of thioether (sulfide) groups is 1. The van der Waals surface area contributed by atoms with E-state index in [9.17, 15) is 10.1 Å². The summed E-state index contributed by atoms with van der Waals surface area (Å²) in [6.07, 6.45) is 4.63. The molecule has 2 aromatic rings. The Morgan fingerprint density at radius 3 is 2.69 bits per heavy atom. The van der Waals surface area contributed by atoms with Gasteiger partial charge in [-0.3, -0.25) is 9.69 Å². The summed E-state index contributed by atoms with van der Waals surface area (Å²) in [5, 5.41) is 11.3. The van der Waals surface area contributed by atoms with Crippen LogP contribution in [0.2, 0.25) is 0 Å². The minimum Gasteiger partial charge on any atom is -0.379 e. The normalized spacial score (nSPS) is 19.9. The van der Waals surface area contributed by atoms with E-state index in [0.717, 1.165) is 80.2 Å². The zero-order chi connectivity index (χ0) is 22.6. The summed E-state index contributed by atoms with van der Waals surface area (Å²) in [5.41, 5.74) is 0.210. The molecule has 1 aliphatic heterocycles. The summed E-state index contributed by atoms with van der Waals surface area (Å²) in [5.74, 6) is 0.748. The second-order valence-electron chi connectivity index (χ2n) is 8.71. The second-order valence-corrected chi connectivity index (χ2v) is 10.0. The van der Waals surface area contributed by atoms with Crippen LogP contribution in [0, 0.1) is 11.3 Å². The summed E-state index contributed by atoms with van der Waals surface area (Å²) in [4.78, 5) is 27.0. The van der Waals surface area contributed by atoms with Crippen LogP contribution in [0.25, 0.3) is 10.9 Å². The maximum absolute atomic E-state index is 13.3. The molecule has 1 saturated heterocycles. The van der Waals surface area contributed by atoms with Crippen LogP contribution in [0.1, 0.15) is 44.9 Å². The summed E-state index contributed by atoms with van der Waals surface area (Å²) in [6, 6.07) is 10.4. The Hall–Kier alpha value is -2.21. The van der Waals surface area contributed by atoms with E-state index < -0.39 is 5.54 Å². The third-order valence-electron chi connectivity index (χ3n) is 6.58. The van der Waals surface area contributed by atoms with Crippen molar-refractivity contribution in [2.75, 3.05) is 33.4 Å². The number of rotatable bonds is 6. The average molecular weight is 454 g/mol. The molecule has 4 rings (SSSR count). The first kappa shape index (κ1) is 23.0. The van der Waals surface area contributed by atoms with Gasteiger partial charge in [-0.15, -0.1) is 0 Å². The van der Waals surface area contributed by atoms with Crippen LogP contribution in [0.4, 0.5) is 0 Å². The van der Waals surface area contributed by atoms with Gasteiger partial charge in [0, 0.05) is 25.5 Å². The second kappa shape index (κ2) is 10.2. The first-order valence-corrected chi connectivity index (χ1v) is 12.3. The molecular formula is C24H31N5O2S. The number of ether oxygens (including phenoxy) is 1. The van der Waals surface area contributed by atoms with Crippen molar-refractivity contribution in [2.45, 2.75) is 61.4 Å². The molecule has 1 aliphatic carbocycles. The fraction of sp³-hybridized carbons (Fsp3) is 0.583. The number of aromatic nitrogens is 2. The van der Waals surface area contributed by atoms with Crippen LogP contribution in [-0.4, -0.2) is 69.8 Å². The lowest BCUT2D eigenvalue weighted by Gasteiger charge is -2.40. The van der Waals surface area contributed by atoms with E-state index in [2.05, 4.69) is 11.0 Å². The highest BCUT2D eigenvalue weighted by molar-refractivity contribution is 8.00. The van der Waals surface area contributed by atoms with Crippen LogP contribution in [0.15, 0.2) is 29.3 Å². The molecule has 0 N–H and O–H groups in total. The van der Waals surface area contributed by atoms with Crippen molar-refractivity contribution in [3.05, 3.63) is 30.1 Å². The first-order valence-electron chi connectivity index (χ1n) is 11.4. The Kier molecular flexibility index (Phi) is 7.29. The van der Waals surface area contributed by atoms with Crippen molar-refractivity contribution < 1.29 is 9.53 Å². The number of fused-ring (bicyclic) bond motifs is 1. The predicted octanol–water partition coefficient (Wildman–Crippen LogP) is 3.63. The molecule has 1 aromatic carbocycles. The number of hydrogen-bond acceptors (Lipinski definition) is 7. The molecule has 1 unspecified atom stereocenters. The van der Waals surface area contributed by atoms with Gasteiger partial charge in [0.15, 0.2) is 0 Å². The molecule has 1 aromatic heterocycles. The third kappa shape index (κ3) is 4.90. The van der Waals surface area contributed by atoms with Crippen LogP contribution in [0.5, 0.6) is 0 Å². The van der Waals surface area contributed by atoms with Crippen molar-refractivity contribution in [1.29, 1.82) is 5.26 Å². The predicted molar refractivity (Wildman–Crippen MR) is 125 cm³/mol. The largest absolute Gasteiger partial charge is 0.379 e. The third-order valence-corrected chi connectivity index (χ3v) is 7.67. The van der Waals surface area contributed by atoms with Crippen LogP contribution in [0.3, 0.4) is 0 Å². The fourth-order valence-corrected chi connectivity index (χ4v) is 5.63. The van der Waals surface area contributed by atoms with Gasteiger partial charge in [0.2, 0.25) is 5.91 Å². The monoisotopic (exact) mass is 453 g/mol. The summed E-state index contributed by atoms with van der Waals surface area (Å²) >= 11 is 1.46. The lowest BCUT2D eigenvalue weighted by Crippen LogP contribution is -2.52. The number of para-hydroxylation sites is 1. The molecule has 0 spiro atoms. The molecule has 1 atom stereocenters. The quantitative estimate of drug-likeness (QED) is 0.488. The average Bonchev–Trinajstić information content (AvgIpc) is 2.84. The molecular weight excluding hydrogens is 422 g/mol. The van der Waals surface area contributed by atoms with Crippen LogP contribution >= 0.6 is 11.8 Å². The molecule has 1 saturated carbocycles. The summed E-state index contributed by atoms with van der Waals surface area (Å²) in [6.45, 7) is 5.78. The number of amides is 1. The molecule has 0 bridgehead atoms. The van der Waals surface area contributed by atoms with E-state index in [4.69, 9.17) is 14.7 Å². The molecule has 2 fully saturated rings. The lowest BCUT2D eigenvalue weighted by molar-refractivity contribution is -0.133. The Morgan fingerprint density at radius 2 is 1.97 bits per heavy atom. The molecule has 32 heavy (non-hydrogen) atoms. The van der Waals surface area contributed by atoms with Gasteiger partial charge >= 0.3 is 0 Å². The standard InChI is InChI=1S/C24H31N5O2S/c1-18(23(30)28(2)24(17-25)10-6-3-7-11-24)32-22-19-8-4-5-9-20(19)26-21(27-22)16-29-12-14-31-15-13-29/h4-5,8-9,18H,3,6-7,10-16H2,1-2H3. The van der Waals surface area contributed by atoms with Crippen molar-refractivity contribution >= 4 is 28.6 Å². The van der Waals surface area contributed by atoms with Gasteiger partial charge in [-0.25, -0.2) is 9.97 Å². The van der Waals surface area contributed by atoms with Crippen molar-refractivity contribution in [1.82, 2.24) is 19.8 Å². The van der Waals surface area contributed by atoms with Gasteiger partial charge in [0.1, 0.15) is 16.4 Å². The highest BCUT2D eigenvalue weighted by atomic mass is 32.2. The molecule has 2 aliphatic rings. The number of morpholine rings is 1. The lowest BCUT2D eigenvalue weighted by atomic mass is 9.81. The van der Waals surface area contributed by atoms with Crippen LogP contribution in [-0.2, 0) is 16.1 Å². The highest BCUT2D eigenvalue weighted by Crippen LogP contribution is 2.35. The number of nitriles is 1. The molecule has 2 heterocycles. The number of nitrogens with zero attached hydrogens (tertiary/aromatic N) is 5. The maximum Gasteiger partial charge on any atom is 0.236 e.